The third-order valence-electron chi connectivity index (χ3n) is 1.15. The summed E-state index contributed by atoms with van der Waals surface area (Å²) in [4.78, 5) is 13.2. The minimum Gasteiger partial charge on any atom is -0.334 e. The van der Waals surface area contributed by atoms with Crippen LogP contribution in [0.3, 0.4) is 0 Å². The summed E-state index contributed by atoms with van der Waals surface area (Å²) in [5.41, 5.74) is 0. The lowest BCUT2D eigenvalue weighted by Crippen LogP contribution is -2.09. The van der Waals surface area contributed by atoms with Gasteiger partial charge >= 0.3 is 5.92 Å². The standard InChI is InChI=1S/C7H6F2N2O2/c1-7(8,9)6-10-5(13-11-6)3-2-4-12/h2-4H,1H3. The maximum Gasteiger partial charge on any atom is 0.307 e. The predicted octanol–water partition coefficient (Wildman–Crippen LogP) is 1.39. The van der Waals surface area contributed by atoms with Gasteiger partial charge in [-0.3, -0.25) is 4.79 Å². The topological polar surface area (TPSA) is 56.0 Å². The number of rotatable bonds is 3. The molecule has 0 aromatic carbocycles. The molecule has 1 aromatic heterocycles. The van der Waals surface area contributed by atoms with Gasteiger partial charge in [0.2, 0.25) is 5.82 Å². The Labute approximate surface area is 72.2 Å². The highest BCUT2D eigenvalue weighted by atomic mass is 19.3. The summed E-state index contributed by atoms with van der Waals surface area (Å²) in [7, 11) is 0. The van der Waals surface area contributed by atoms with Crippen LogP contribution in [0.5, 0.6) is 0 Å². The molecule has 0 atom stereocenters. The van der Waals surface area contributed by atoms with Gasteiger partial charge in [0.05, 0.1) is 0 Å². The number of aldehydes is 1. The second-order valence-corrected chi connectivity index (χ2v) is 2.34. The molecule has 0 saturated carbocycles. The van der Waals surface area contributed by atoms with Crippen LogP contribution in [0.1, 0.15) is 18.6 Å². The summed E-state index contributed by atoms with van der Waals surface area (Å²) in [5, 5.41) is 3.04. The summed E-state index contributed by atoms with van der Waals surface area (Å²) in [5.74, 6) is -3.95. The fraction of sp³-hybridized carbons (Fsp3) is 0.286. The first-order chi connectivity index (χ1) is 6.04. The first-order valence-electron chi connectivity index (χ1n) is 3.38. The summed E-state index contributed by atoms with van der Waals surface area (Å²) in [6, 6.07) is 0. The summed E-state index contributed by atoms with van der Waals surface area (Å²) >= 11 is 0. The van der Waals surface area contributed by atoms with Crippen molar-refractivity contribution in [1.29, 1.82) is 0 Å². The van der Waals surface area contributed by atoms with Crippen molar-refractivity contribution in [1.82, 2.24) is 10.1 Å². The second-order valence-electron chi connectivity index (χ2n) is 2.34. The molecular formula is C7H6F2N2O2. The molecule has 13 heavy (non-hydrogen) atoms. The molecule has 6 heteroatoms. The third kappa shape index (κ3) is 2.43. The number of carbonyl (C=O) groups is 1. The number of allylic oxidation sites excluding steroid dienone is 1. The quantitative estimate of drug-likeness (QED) is 0.531. The zero-order valence-electron chi connectivity index (χ0n) is 6.70. The van der Waals surface area contributed by atoms with E-state index in [0.717, 1.165) is 12.2 Å². The molecule has 0 amide bonds. The van der Waals surface area contributed by atoms with Crippen LogP contribution in [0.15, 0.2) is 10.6 Å². The molecular weight excluding hydrogens is 182 g/mol. The minimum absolute atomic E-state index is 0.122. The molecule has 0 aliphatic carbocycles. The van der Waals surface area contributed by atoms with Gasteiger partial charge in [-0.2, -0.15) is 13.8 Å². The van der Waals surface area contributed by atoms with E-state index < -0.39 is 11.7 Å². The van der Waals surface area contributed by atoms with Gasteiger partial charge < -0.3 is 4.52 Å². The Balaban J connectivity index is 2.87. The maximum absolute atomic E-state index is 12.5. The summed E-state index contributed by atoms with van der Waals surface area (Å²) in [6.07, 6.45) is 2.70. The van der Waals surface area contributed by atoms with Crippen molar-refractivity contribution < 1.29 is 18.1 Å². The number of carbonyl (C=O) groups excluding carboxylic acids is 1. The van der Waals surface area contributed by atoms with Crippen molar-refractivity contribution in [3.63, 3.8) is 0 Å². The number of alkyl halides is 2. The molecule has 70 valence electrons. The van der Waals surface area contributed by atoms with Crippen LogP contribution in [0, 0.1) is 0 Å². The van der Waals surface area contributed by atoms with E-state index in [4.69, 9.17) is 0 Å². The lowest BCUT2D eigenvalue weighted by molar-refractivity contribution is -0.104. The van der Waals surface area contributed by atoms with E-state index in [1.54, 1.807) is 0 Å². The van der Waals surface area contributed by atoms with Crippen LogP contribution in [0.25, 0.3) is 6.08 Å². The molecule has 1 heterocycles. The van der Waals surface area contributed by atoms with Crippen molar-refractivity contribution in [2.75, 3.05) is 0 Å². The average molecular weight is 188 g/mol. The van der Waals surface area contributed by atoms with Gasteiger partial charge in [-0.15, -0.1) is 0 Å². The van der Waals surface area contributed by atoms with Crippen LogP contribution >= 0.6 is 0 Å². The molecule has 0 bridgehead atoms. The molecule has 0 N–H and O–H groups in total. The van der Waals surface area contributed by atoms with Gasteiger partial charge in [-0.05, 0) is 6.08 Å². The molecule has 1 rings (SSSR count). The van der Waals surface area contributed by atoms with E-state index in [-0.39, 0.29) is 5.89 Å². The molecule has 0 saturated heterocycles. The molecule has 0 fully saturated rings. The SMILES string of the molecule is CC(F)(F)c1noc(C=CC=O)n1. The number of halogens is 2. The van der Waals surface area contributed by atoms with E-state index in [9.17, 15) is 13.6 Å². The van der Waals surface area contributed by atoms with Crippen LogP contribution in [0.4, 0.5) is 8.78 Å². The molecule has 0 spiro atoms. The van der Waals surface area contributed by atoms with E-state index in [1.807, 2.05) is 0 Å². The summed E-state index contributed by atoms with van der Waals surface area (Å²) in [6.45, 7) is 0.658. The van der Waals surface area contributed by atoms with E-state index in [2.05, 4.69) is 14.7 Å². The normalized spacial score (nSPS) is 12.2. The predicted molar refractivity (Wildman–Crippen MR) is 39.0 cm³/mol. The highest BCUT2D eigenvalue weighted by Gasteiger charge is 2.30. The van der Waals surface area contributed by atoms with Gasteiger partial charge in [0.15, 0.2) is 0 Å². The van der Waals surface area contributed by atoms with Crippen molar-refractivity contribution >= 4 is 12.4 Å². The minimum atomic E-state index is -3.13. The van der Waals surface area contributed by atoms with Crippen LogP contribution in [-0.4, -0.2) is 16.4 Å². The largest absolute Gasteiger partial charge is 0.334 e. The number of hydrogen-bond donors (Lipinski definition) is 0. The fourth-order valence-corrected chi connectivity index (χ4v) is 0.603. The van der Waals surface area contributed by atoms with Crippen LogP contribution in [-0.2, 0) is 10.7 Å². The number of nitrogens with zero attached hydrogens (tertiary/aromatic N) is 2. The van der Waals surface area contributed by atoms with Crippen molar-refractivity contribution in [2.45, 2.75) is 12.8 Å². The first-order valence-corrected chi connectivity index (χ1v) is 3.38. The summed E-state index contributed by atoms with van der Waals surface area (Å²) < 4.78 is 29.4. The first kappa shape index (κ1) is 9.50. The van der Waals surface area contributed by atoms with E-state index in [0.29, 0.717) is 13.2 Å². The molecule has 0 radical (unpaired) electrons. The highest BCUT2D eigenvalue weighted by Crippen LogP contribution is 2.23. The van der Waals surface area contributed by atoms with Gasteiger partial charge in [0.25, 0.3) is 5.89 Å². The lowest BCUT2D eigenvalue weighted by Gasteiger charge is -2.00. The van der Waals surface area contributed by atoms with Crippen LogP contribution < -0.4 is 0 Å². The molecule has 1 aromatic rings. The van der Waals surface area contributed by atoms with Crippen molar-refractivity contribution in [3.8, 4) is 0 Å². The molecule has 0 unspecified atom stereocenters. The smallest absolute Gasteiger partial charge is 0.307 e. The lowest BCUT2D eigenvalue weighted by atomic mass is 10.4. The van der Waals surface area contributed by atoms with Gasteiger partial charge in [-0.25, -0.2) is 0 Å². The highest BCUT2D eigenvalue weighted by molar-refractivity contribution is 5.71. The fourth-order valence-electron chi connectivity index (χ4n) is 0.603. The Bertz CT molecular complexity index is 327. The van der Waals surface area contributed by atoms with Crippen molar-refractivity contribution in [2.24, 2.45) is 0 Å². The van der Waals surface area contributed by atoms with Crippen molar-refractivity contribution in [3.05, 3.63) is 17.8 Å². The van der Waals surface area contributed by atoms with Gasteiger partial charge in [-0.1, -0.05) is 5.16 Å². The van der Waals surface area contributed by atoms with Crippen LogP contribution in [0.2, 0.25) is 0 Å². The molecule has 4 nitrogen and oxygen atoms in total. The Kier molecular flexibility index (Phi) is 2.50. The van der Waals surface area contributed by atoms with Gasteiger partial charge in [0.1, 0.15) is 6.29 Å². The second kappa shape index (κ2) is 3.42. The Morgan fingerprint density at radius 1 is 1.54 bits per heavy atom. The third-order valence-corrected chi connectivity index (χ3v) is 1.15. The average Bonchev–Trinajstić information content (AvgIpc) is 2.47. The Morgan fingerprint density at radius 3 is 2.69 bits per heavy atom. The number of aromatic nitrogens is 2. The molecule has 0 aliphatic heterocycles. The zero-order chi connectivity index (χ0) is 9.90. The Hall–Kier alpha value is -1.59. The monoisotopic (exact) mass is 188 g/mol. The zero-order valence-corrected chi connectivity index (χ0v) is 6.70. The van der Waals surface area contributed by atoms with E-state index in [1.165, 1.54) is 0 Å². The molecule has 0 aliphatic rings. The van der Waals surface area contributed by atoms with E-state index >= 15 is 0 Å². The van der Waals surface area contributed by atoms with Gasteiger partial charge in [0, 0.05) is 13.0 Å². The Morgan fingerprint density at radius 2 is 2.23 bits per heavy atom. The maximum atomic E-state index is 12.5. The number of hydrogen-bond acceptors (Lipinski definition) is 4.